The Kier molecular flexibility index (Phi) is 7.16. The molecule has 0 bridgehead atoms. The van der Waals surface area contributed by atoms with Gasteiger partial charge in [-0.05, 0) is 37.7 Å². The van der Waals surface area contributed by atoms with Gasteiger partial charge in [0.25, 0.3) is 0 Å². The molecule has 1 aliphatic rings. The van der Waals surface area contributed by atoms with E-state index in [-0.39, 0.29) is 12.4 Å². The first-order valence-electron chi connectivity index (χ1n) is 8.99. The van der Waals surface area contributed by atoms with Gasteiger partial charge >= 0.3 is 0 Å². The van der Waals surface area contributed by atoms with E-state index >= 15 is 0 Å². The zero-order valence-corrected chi connectivity index (χ0v) is 15.6. The Bertz CT molecular complexity index is 632. The largest absolute Gasteiger partial charge is 0.473 e. The van der Waals surface area contributed by atoms with Gasteiger partial charge in [-0.2, -0.15) is 5.10 Å². The summed E-state index contributed by atoms with van der Waals surface area (Å²) in [5.41, 5.74) is 3.65. The van der Waals surface area contributed by atoms with Gasteiger partial charge in [0.1, 0.15) is 6.61 Å². The summed E-state index contributed by atoms with van der Waals surface area (Å²) in [6.45, 7) is 5.94. The lowest BCUT2D eigenvalue weighted by Crippen LogP contribution is -2.11. The van der Waals surface area contributed by atoms with E-state index < -0.39 is 0 Å². The highest BCUT2D eigenvalue weighted by molar-refractivity contribution is 5.85. The van der Waals surface area contributed by atoms with E-state index in [1.54, 1.807) is 0 Å². The van der Waals surface area contributed by atoms with Crippen LogP contribution < -0.4 is 4.74 Å². The minimum Gasteiger partial charge on any atom is -0.473 e. The third kappa shape index (κ3) is 5.01. The van der Waals surface area contributed by atoms with E-state index in [0.717, 1.165) is 36.9 Å². The number of rotatable bonds is 7. The lowest BCUT2D eigenvalue weighted by Gasteiger charge is -2.13. The predicted octanol–water partition coefficient (Wildman–Crippen LogP) is 5.34. The first-order chi connectivity index (χ1) is 11.2. The van der Waals surface area contributed by atoms with Crippen molar-refractivity contribution in [1.82, 2.24) is 9.78 Å². The maximum absolute atomic E-state index is 6.12. The summed E-state index contributed by atoms with van der Waals surface area (Å²) >= 11 is 0. The normalized spacial score (nSPS) is 14.6. The molecule has 1 fully saturated rings. The first kappa shape index (κ1) is 18.9. The van der Waals surface area contributed by atoms with Gasteiger partial charge in [0.05, 0.1) is 5.69 Å². The first-order valence-corrected chi connectivity index (χ1v) is 8.99. The van der Waals surface area contributed by atoms with Crippen molar-refractivity contribution in [3.05, 3.63) is 47.2 Å². The molecule has 1 heterocycles. The van der Waals surface area contributed by atoms with E-state index in [0.29, 0.717) is 6.61 Å². The summed E-state index contributed by atoms with van der Waals surface area (Å²) < 4.78 is 8.22. The highest BCUT2D eigenvalue weighted by Crippen LogP contribution is 2.28. The molecule has 1 aromatic carbocycles. The summed E-state index contributed by atoms with van der Waals surface area (Å²) in [6, 6.07) is 10.6. The molecule has 0 unspecified atom stereocenters. The highest BCUT2D eigenvalue weighted by Gasteiger charge is 2.18. The van der Waals surface area contributed by atoms with Crippen LogP contribution in [-0.4, -0.2) is 9.78 Å². The van der Waals surface area contributed by atoms with E-state index in [4.69, 9.17) is 9.84 Å². The number of benzene rings is 1. The minimum absolute atomic E-state index is 0. The molecule has 0 radical (unpaired) electrons. The molecule has 3 rings (SSSR count). The molecule has 0 aliphatic heterocycles. The van der Waals surface area contributed by atoms with Crippen LogP contribution in [0.4, 0.5) is 0 Å². The van der Waals surface area contributed by atoms with Crippen molar-refractivity contribution in [1.29, 1.82) is 0 Å². The van der Waals surface area contributed by atoms with Gasteiger partial charge in [-0.15, -0.1) is 12.4 Å². The molecule has 24 heavy (non-hydrogen) atoms. The molecule has 1 aliphatic carbocycles. The Balaban J connectivity index is 0.00000208. The molecule has 0 amide bonds. The summed E-state index contributed by atoms with van der Waals surface area (Å²) in [4.78, 5) is 0. The van der Waals surface area contributed by atoms with Crippen LogP contribution in [-0.2, 0) is 19.6 Å². The summed E-state index contributed by atoms with van der Waals surface area (Å²) in [6.07, 6.45) is 7.55. The Morgan fingerprint density at radius 3 is 2.71 bits per heavy atom. The molecular formula is C20H29ClN2O. The number of hydrogen-bond donors (Lipinski definition) is 0. The van der Waals surface area contributed by atoms with Gasteiger partial charge in [0.2, 0.25) is 5.88 Å². The Labute approximate surface area is 151 Å². The van der Waals surface area contributed by atoms with Crippen molar-refractivity contribution >= 4 is 12.4 Å². The quantitative estimate of drug-likeness (QED) is 0.675. The van der Waals surface area contributed by atoms with Crippen LogP contribution in [0.5, 0.6) is 5.88 Å². The van der Waals surface area contributed by atoms with Gasteiger partial charge in [-0.1, -0.05) is 56.0 Å². The van der Waals surface area contributed by atoms with Crippen molar-refractivity contribution in [2.75, 3.05) is 0 Å². The van der Waals surface area contributed by atoms with Crippen molar-refractivity contribution in [2.45, 2.75) is 65.5 Å². The second kappa shape index (κ2) is 9.12. The molecule has 1 aromatic heterocycles. The van der Waals surface area contributed by atoms with Crippen LogP contribution in [0.25, 0.3) is 0 Å². The summed E-state index contributed by atoms with van der Waals surface area (Å²) in [7, 11) is 0. The van der Waals surface area contributed by atoms with Gasteiger partial charge in [-0.25, -0.2) is 4.68 Å². The second-order valence-corrected chi connectivity index (χ2v) is 6.83. The number of ether oxygens (including phenoxy) is 1. The molecule has 4 heteroatoms. The molecule has 3 nitrogen and oxygen atoms in total. The molecular weight excluding hydrogens is 320 g/mol. The van der Waals surface area contributed by atoms with Crippen LogP contribution in [0.2, 0.25) is 0 Å². The minimum atomic E-state index is 0. The molecule has 132 valence electrons. The van der Waals surface area contributed by atoms with E-state index in [2.05, 4.69) is 48.9 Å². The predicted molar refractivity (Wildman–Crippen MR) is 101 cm³/mol. The number of aryl methyl sites for hydroxylation is 2. The molecule has 0 spiro atoms. The molecule has 0 saturated heterocycles. The number of aromatic nitrogens is 2. The van der Waals surface area contributed by atoms with Crippen molar-refractivity contribution in [3.63, 3.8) is 0 Å². The lowest BCUT2D eigenvalue weighted by atomic mass is 10.1. The van der Waals surface area contributed by atoms with Gasteiger partial charge in [0, 0.05) is 12.6 Å². The van der Waals surface area contributed by atoms with E-state index in [1.165, 1.54) is 36.8 Å². The fraction of sp³-hybridized carbons (Fsp3) is 0.550. The smallest absolute Gasteiger partial charge is 0.212 e. The third-order valence-electron chi connectivity index (χ3n) is 4.67. The van der Waals surface area contributed by atoms with Crippen LogP contribution in [0.3, 0.4) is 0 Å². The third-order valence-corrected chi connectivity index (χ3v) is 4.67. The highest BCUT2D eigenvalue weighted by atomic mass is 35.5. The van der Waals surface area contributed by atoms with Gasteiger partial charge in [0.15, 0.2) is 0 Å². The molecule has 1 saturated carbocycles. The number of hydrogen-bond acceptors (Lipinski definition) is 2. The van der Waals surface area contributed by atoms with Crippen molar-refractivity contribution in [2.24, 2.45) is 5.92 Å². The number of halogens is 1. The van der Waals surface area contributed by atoms with Crippen molar-refractivity contribution in [3.8, 4) is 5.88 Å². The van der Waals surface area contributed by atoms with Crippen molar-refractivity contribution < 1.29 is 4.74 Å². The van der Waals surface area contributed by atoms with Gasteiger partial charge < -0.3 is 4.74 Å². The van der Waals surface area contributed by atoms with Crippen LogP contribution >= 0.6 is 12.4 Å². The maximum Gasteiger partial charge on any atom is 0.212 e. The zero-order chi connectivity index (χ0) is 16.1. The summed E-state index contributed by atoms with van der Waals surface area (Å²) in [5, 5.41) is 4.78. The zero-order valence-electron chi connectivity index (χ0n) is 14.8. The molecule has 0 atom stereocenters. The monoisotopic (exact) mass is 348 g/mol. The van der Waals surface area contributed by atoms with E-state index in [1.807, 2.05) is 0 Å². The SMILES string of the molecule is CCCc1cc(OCc2cccc(C)c2)n(CC2CCCC2)n1.Cl. The second-order valence-electron chi connectivity index (χ2n) is 6.83. The molecule has 0 N–H and O–H groups in total. The van der Waals surface area contributed by atoms with Crippen LogP contribution in [0.15, 0.2) is 30.3 Å². The van der Waals surface area contributed by atoms with Crippen LogP contribution in [0, 0.1) is 12.8 Å². The standard InChI is InChI=1S/C20H28N2O.ClH/c1-3-7-19-13-20(22(21-19)14-17-9-4-5-10-17)23-15-18-11-6-8-16(2)12-18;/h6,8,11-13,17H,3-5,7,9-10,14-15H2,1-2H3;1H. The number of nitrogens with zero attached hydrogens (tertiary/aromatic N) is 2. The lowest BCUT2D eigenvalue weighted by molar-refractivity contribution is 0.261. The Morgan fingerprint density at radius 1 is 1.21 bits per heavy atom. The fourth-order valence-corrected chi connectivity index (χ4v) is 3.47. The maximum atomic E-state index is 6.12. The molecule has 2 aromatic rings. The summed E-state index contributed by atoms with van der Waals surface area (Å²) in [5.74, 6) is 1.70. The topological polar surface area (TPSA) is 27.1 Å². The average Bonchev–Trinajstić information content (AvgIpc) is 3.16. The Hall–Kier alpha value is -1.48. The fourth-order valence-electron chi connectivity index (χ4n) is 3.47. The van der Waals surface area contributed by atoms with Gasteiger partial charge in [-0.3, -0.25) is 0 Å². The van der Waals surface area contributed by atoms with Crippen LogP contribution in [0.1, 0.15) is 55.8 Å². The Morgan fingerprint density at radius 2 is 2.00 bits per heavy atom. The van der Waals surface area contributed by atoms with E-state index in [9.17, 15) is 0 Å². The average molecular weight is 349 g/mol.